The molecule has 4 heteroatoms. The Hall–Kier alpha value is -2.67. The molecule has 19 heavy (non-hydrogen) atoms. The maximum absolute atomic E-state index is 13.7. The van der Waals surface area contributed by atoms with Gasteiger partial charge in [-0.3, -0.25) is 4.79 Å². The number of aryl methyl sites for hydroxylation is 1. The third-order valence-corrected chi connectivity index (χ3v) is 2.62. The third kappa shape index (κ3) is 2.78. The summed E-state index contributed by atoms with van der Waals surface area (Å²) in [6.07, 6.45) is 0.735. The van der Waals surface area contributed by atoms with Crippen LogP contribution in [0.15, 0.2) is 36.4 Å². The van der Waals surface area contributed by atoms with Crippen molar-refractivity contribution in [3.8, 4) is 17.6 Å². The van der Waals surface area contributed by atoms with Crippen LogP contribution in [0.2, 0.25) is 0 Å². The Kier molecular flexibility index (Phi) is 3.58. The molecule has 0 N–H and O–H groups in total. The first-order valence-electron chi connectivity index (χ1n) is 5.57. The smallest absolute Gasteiger partial charge is 0.167 e. The van der Waals surface area contributed by atoms with E-state index in [1.165, 1.54) is 12.1 Å². The Bertz CT molecular complexity index is 674. The molecule has 0 aliphatic carbocycles. The highest BCUT2D eigenvalue weighted by atomic mass is 19.1. The quantitative estimate of drug-likeness (QED) is 0.787. The van der Waals surface area contributed by atoms with Crippen LogP contribution in [0, 0.1) is 24.1 Å². The monoisotopic (exact) mass is 255 g/mol. The normalized spacial score (nSPS) is 9.74. The molecule has 0 saturated heterocycles. The first-order valence-corrected chi connectivity index (χ1v) is 5.57. The number of carbonyl (C=O) groups excluding carboxylic acids is 1. The number of benzene rings is 2. The van der Waals surface area contributed by atoms with Crippen molar-refractivity contribution in [3.05, 3.63) is 58.9 Å². The van der Waals surface area contributed by atoms with Gasteiger partial charge < -0.3 is 4.74 Å². The summed E-state index contributed by atoms with van der Waals surface area (Å²) in [5.74, 6) is -0.0897. The first-order chi connectivity index (χ1) is 9.13. The van der Waals surface area contributed by atoms with Crippen LogP contribution in [0.3, 0.4) is 0 Å². The van der Waals surface area contributed by atoms with E-state index in [0.717, 1.165) is 17.9 Å². The fraction of sp³-hybridized carbons (Fsp3) is 0.0667. The van der Waals surface area contributed by atoms with Gasteiger partial charge in [-0.25, -0.2) is 4.39 Å². The lowest BCUT2D eigenvalue weighted by Crippen LogP contribution is -1.92. The lowest BCUT2D eigenvalue weighted by Gasteiger charge is -2.09. The van der Waals surface area contributed by atoms with E-state index in [2.05, 4.69) is 0 Å². The number of nitrogens with zero attached hydrogens (tertiary/aromatic N) is 1. The predicted octanol–water partition coefficient (Wildman–Crippen LogP) is 3.61. The largest absolute Gasteiger partial charge is 0.454 e. The van der Waals surface area contributed by atoms with Gasteiger partial charge in [0.25, 0.3) is 0 Å². The molecule has 2 aromatic carbocycles. The maximum Gasteiger partial charge on any atom is 0.167 e. The van der Waals surface area contributed by atoms with E-state index < -0.39 is 5.82 Å². The highest BCUT2D eigenvalue weighted by Crippen LogP contribution is 2.28. The van der Waals surface area contributed by atoms with E-state index in [1.807, 2.05) is 6.07 Å². The summed E-state index contributed by atoms with van der Waals surface area (Å²) in [7, 11) is 0. The summed E-state index contributed by atoms with van der Waals surface area (Å²) in [6.45, 7) is 1.77. The van der Waals surface area contributed by atoms with E-state index in [0.29, 0.717) is 11.3 Å². The molecule has 0 fully saturated rings. The van der Waals surface area contributed by atoms with Gasteiger partial charge in [0.2, 0.25) is 0 Å². The van der Waals surface area contributed by atoms with Crippen molar-refractivity contribution in [1.82, 2.24) is 0 Å². The first kappa shape index (κ1) is 12.8. The summed E-state index contributed by atoms with van der Waals surface area (Å²) in [5, 5.41) is 8.65. The molecule has 2 aromatic rings. The Morgan fingerprint density at radius 2 is 1.95 bits per heavy atom. The standard InChI is InChI=1S/C15H10FNO2/c1-10-6-12(9-18)3-4-14(10)19-15-5-2-11(8-17)7-13(15)16/h2-7,9H,1H3. The average Bonchev–Trinajstić information content (AvgIpc) is 2.42. The van der Waals surface area contributed by atoms with Crippen LogP contribution in [-0.4, -0.2) is 6.29 Å². The topological polar surface area (TPSA) is 50.1 Å². The number of nitriles is 1. The molecule has 2 rings (SSSR count). The molecular formula is C15H10FNO2. The van der Waals surface area contributed by atoms with Crippen LogP contribution in [0.1, 0.15) is 21.5 Å². The lowest BCUT2D eigenvalue weighted by atomic mass is 10.1. The van der Waals surface area contributed by atoms with Gasteiger partial charge in [0.05, 0.1) is 11.6 Å². The number of aldehydes is 1. The number of hydrogen-bond donors (Lipinski definition) is 0. The van der Waals surface area contributed by atoms with E-state index in [-0.39, 0.29) is 11.3 Å². The molecule has 0 aliphatic rings. The van der Waals surface area contributed by atoms with Gasteiger partial charge in [-0.05, 0) is 48.9 Å². The van der Waals surface area contributed by atoms with E-state index in [1.54, 1.807) is 25.1 Å². The van der Waals surface area contributed by atoms with Gasteiger partial charge in [-0.1, -0.05) is 0 Å². The number of ether oxygens (including phenoxy) is 1. The minimum absolute atomic E-state index is 0.0425. The van der Waals surface area contributed by atoms with Gasteiger partial charge >= 0.3 is 0 Å². The molecule has 0 aromatic heterocycles. The molecule has 0 amide bonds. The molecular weight excluding hydrogens is 245 g/mol. The summed E-state index contributed by atoms with van der Waals surface area (Å²) in [4.78, 5) is 10.6. The molecule has 0 heterocycles. The second-order valence-electron chi connectivity index (χ2n) is 4.00. The highest BCUT2D eigenvalue weighted by molar-refractivity contribution is 5.75. The number of halogens is 1. The Morgan fingerprint density at radius 3 is 2.53 bits per heavy atom. The van der Waals surface area contributed by atoms with Crippen molar-refractivity contribution < 1.29 is 13.9 Å². The zero-order valence-electron chi connectivity index (χ0n) is 10.2. The zero-order valence-corrected chi connectivity index (χ0v) is 10.2. The van der Waals surface area contributed by atoms with Gasteiger partial charge in [0.15, 0.2) is 11.6 Å². The van der Waals surface area contributed by atoms with Gasteiger partial charge in [-0.2, -0.15) is 5.26 Å². The van der Waals surface area contributed by atoms with Crippen LogP contribution in [-0.2, 0) is 0 Å². The predicted molar refractivity (Wildman–Crippen MR) is 67.8 cm³/mol. The van der Waals surface area contributed by atoms with Crippen molar-refractivity contribution in [2.45, 2.75) is 6.92 Å². The van der Waals surface area contributed by atoms with Crippen molar-refractivity contribution in [2.24, 2.45) is 0 Å². The second kappa shape index (κ2) is 5.32. The van der Waals surface area contributed by atoms with Crippen molar-refractivity contribution in [3.63, 3.8) is 0 Å². The van der Waals surface area contributed by atoms with Gasteiger partial charge in [0, 0.05) is 5.56 Å². The summed E-state index contributed by atoms with van der Waals surface area (Å²) < 4.78 is 19.1. The summed E-state index contributed by atoms with van der Waals surface area (Å²) in [6, 6.07) is 10.7. The number of hydrogen-bond acceptors (Lipinski definition) is 3. The molecule has 94 valence electrons. The van der Waals surface area contributed by atoms with Crippen molar-refractivity contribution in [2.75, 3.05) is 0 Å². The molecule has 0 atom stereocenters. The molecule has 3 nitrogen and oxygen atoms in total. The Labute approximate surface area is 109 Å². The average molecular weight is 255 g/mol. The molecule has 0 saturated carbocycles. The Morgan fingerprint density at radius 1 is 1.21 bits per heavy atom. The van der Waals surface area contributed by atoms with Crippen molar-refractivity contribution >= 4 is 6.29 Å². The highest BCUT2D eigenvalue weighted by Gasteiger charge is 2.08. The fourth-order valence-corrected chi connectivity index (χ4v) is 1.63. The van der Waals surface area contributed by atoms with Crippen LogP contribution in [0.25, 0.3) is 0 Å². The van der Waals surface area contributed by atoms with E-state index >= 15 is 0 Å². The lowest BCUT2D eigenvalue weighted by molar-refractivity contribution is 0.112. The van der Waals surface area contributed by atoms with Crippen LogP contribution in [0.5, 0.6) is 11.5 Å². The summed E-state index contributed by atoms with van der Waals surface area (Å²) >= 11 is 0. The molecule has 0 spiro atoms. The molecule has 0 aliphatic heterocycles. The SMILES string of the molecule is Cc1cc(C=O)ccc1Oc1ccc(C#N)cc1F. The number of rotatable bonds is 3. The maximum atomic E-state index is 13.7. The van der Waals surface area contributed by atoms with Crippen LogP contribution in [0.4, 0.5) is 4.39 Å². The summed E-state index contributed by atoms with van der Waals surface area (Å²) in [5.41, 5.74) is 1.50. The van der Waals surface area contributed by atoms with Crippen LogP contribution < -0.4 is 4.74 Å². The molecule has 0 unspecified atom stereocenters. The van der Waals surface area contributed by atoms with Gasteiger partial charge in [-0.15, -0.1) is 0 Å². The second-order valence-corrected chi connectivity index (χ2v) is 4.00. The Balaban J connectivity index is 2.31. The number of carbonyl (C=O) groups is 1. The molecule has 0 radical (unpaired) electrons. The van der Waals surface area contributed by atoms with E-state index in [9.17, 15) is 9.18 Å². The van der Waals surface area contributed by atoms with Crippen LogP contribution >= 0.6 is 0 Å². The van der Waals surface area contributed by atoms with E-state index in [4.69, 9.17) is 10.00 Å². The zero-order chi connectivity index (χ0) is 13.8. The molecule has 0 bridgehead atoms. The third-order valence-electron chi connectivity index (χ3n) is 2.62. The minimum atomic E-state index is -0.599. The minimum Gasteiger partial charge on any atom is -0.454 e. The fourth-order valence-electron chi connectivity index (χ4n) is 1.63. The van der Waals surface area contributed by atoms with Gasteiger partial charge in [0.1, 0.15) is 12.0 Å². The van der Waals surface area contributed by atoms with Crippen molar-refractivity contribution in [1.29, 1.82) is 5.26 Å².